The maximum atomic E-state index is 10.5. The van der Waals surface area contributed by atoms with E-state index in [0.29, 0.717) is 19.4 Å². The molecule has 0 fully saturated rings. The van der Waals surface area contributed by atoms with Crippen molar-refractivity contribution in [3.63, 3.8) is 0 Å². The lowest BCUT2D eigenvalue weighted by Crippen LogP contribution is -2.43. The first-order valence-electron chi connectivity index (χ1n) is 4.06. The summed E-state index contributed by atoms with van der Waals surface area (Å²) in [6.45, 7) is 0.517. The smallest absolute Gasteiger partial charge is 0.326 e. The second-order valence-corrected chi connectivity index (χ2v) is 2.68. The summed E-state index contributed by atoms with van der Waals surface area (Å²) < 4.78 is 0. The molecule has 0 heterocycles. The van der Waals surface area contributed by atoms with Gasteiger partial charge in [0.2, 0.25) is 0 Å². The first-order chi connectivity index (χ1) is 6.07. The number of carboxylic acids is 1. The fourth-order valence-corrected chi connectivity index (χ4v) is 0.922. The van der Waals surface area contributed by atoms with E-state index < -0.39 is 18.0 Å². The van der Waals surface area contributed by atoms with Crippen molar-refractivity contribution >= 4 is 12.0 Å². The zero-order chi connectivity index (χ0) is 10.3. The SMILES string of the molecule is NCCCCC(NC(N)=O)C(=O)O. The van der Waals surface area contributed by atoms with E-state index in [9.17, 15) is 9.59 Å². The number of carbonyl (C=O) groups excluding carboxylic acids is 1. The van der Waals surface area contributed by atoms with Gasteiger partial charge in [-0.3, -0.25) is 0 Å². The number of urea groups is 1. The highest BCUT2D eigenvalue weighted by Crippen LogP contribution is 2.00. The Kier molecular flexibility index (Phi) is 5.62. The van der Waals surface area contributed by atoms with Crippen LogP contribution in [0, 0.1) is 0 Å². The third-order valence-corrected chi connectivity index (χ3v) is 1.56. The van der Waals surface area contributed by atoms with Crippen molar-refractivity contribution in [2.75, 3.05) is 6.54 Å². The fraction of sp³-hybridized carbons (Fsp3) is 0.714. The Hall–Kier alpha value is -1.30. The summed E-state index contributed by atoms with van der Waals surface area (Å²) in [6, 6.07) is -1.72. The average Bonchev–Trinajstić information content (AvgIpc) is 2.02. The van der Waals surface area contributed by atoms with Crippen molar-refractivity contribution < 1.29 is 14.7 Å². The first-order valence-corrected chi connectivity index (χ1v) is 4.06. The largest absolute Gasteiger partial charge is 0.480 e. The van der Waals surface area contributed by atoms with Crippen molar-refractivity contribution in [3.8, 4) is 0 Å². The Morgan fingerprint density at radius 3 is 2.38 bits per heavy atom. The van der Waals surface area contributed by atoms with Gasteiger partial charge in [0.05, 0.1) is 0 Å². The van der Waals surface area contributed by atoms with E-state index in [2.05, 4.69) is 5.32 Å². The van der Waals surface area contributed by atoms with Gasteiger partial charge >= 0.3 is 12.0 Å². The Morgan fingerprint density at radius 1 is 1.38 bits per heavy atom. The molecule has 76 valence electrons. The highest BCUT2D eigenvalue weighted by atomic mass is 16.4. The number of carbonyl (C=O) groups is 2. The number of aliphatic carboxylic acids is 1. The van der Waals surface area contributed by atoms with Crippen LogP contribution >= 0.6 is 0 Å². The minimum Gasteiger partial charge on any atom is -0.480 e. The molecule has 0 aliphatic rings. The van der Waals surface area contributed by atoms with Crippen LogP contribution in [0.25, 0.3) is 0 Å². The Balaban J connectivity index is 3.81. The molecule has 0 aliphatic carbocycles. The number of carboxylic acid groups (broad SMARTS) is 1. The lowest BCUT2D eigenvalue weighted by molar-refractivity contribution is -0.139. The van der Waals surface area contributed by atoms with Crippen LogP contribution in [0.4, 0.5) is 4.79 Å². The molecule has 2 amide bonds. The lowest BCUT2D eigenvalue weighted by Gasteiger charge is -2.11. The van der Waals surface area contributed by atoms with E-state index in [-0.39, 0.29) is 0 Å². The molecular formula is C7H15N3O3. The lowest BCUT2D eigenvalue weighted by atomic mass is 10.1. The molecule has 13 heavy (non-hydrogen) atoms. The average molecular weight is 189 g/mol. The quantitative estimate of drug-likeness (QED) is 0.410. The number of unbranched alkanes of at least 4 members (excludes halogenated alkanes) is 1. The molecule has 0 rings (SSSR count). The number of hydrogen-bond donors (Lipinski definition) is 4. The summed E-state index contributed by atoms with van der Waals surface area (Å²) in [5, 5.41) is 10.8. The number of hydrogen-bond acceptors (Lipinski definition) is 3. The molecule has 0 aromatic rings. The third-order valence-electron chi connectivity index (χ3n) is 1.56. The second kappa shape index (κ2) is 6.24. The number of nitrogens with two attached hydrogens (primary N) is 2. The van der Waals surface area contributed by atoms with Crippen LogP contribution in [0.1, 0.15) is 19.3 Å². The van der Waals surface area contributed by atoms with Crippen LogP contribution in [-0.4, -0.2) is 29.7 Å². The van der Waals surface area contributed by atoms with Gasteiger partial charge < -0.3 is 21.9 Å². The first kappa shape index (κ1) is 11.7. The molecule has 1 atom stereocenters. The van der Waals surface area contributed by atoms with Crippen LogP contribution in [0.2, 0.25) is 0 Å². The molecule has 0 bridgehead atoms. The summed E-state index contributed by atoms with van der Waals surface area (Å²) in [5.74, 6) is -1.07. The molecule has 6 heteroatoms. The van der Waals surface area contributed by atoms with Gasteiger partial charge in [-0.15, -0.1) is 0 Å². The Morgan fingerprint density at radius 2 is 2.00 bits per heavy atom. The molecule has 6 N–H and O–H groups in total. The van der Waals surface area contributed by atoms with Crippen molar-refractivity contribution in [2.24, 2.45) is 11.5 Å². The summed E-state index contributed by atoms with van der Waals surface area (Å²) in [5.41, 5.74) is 10.0. The van der Waals surface area contributed by atoms with Crippen LogP contribution in [-0.2, 0) is 4.79 Å². The minimum atomic E-state index is -1.07. The summed E-state index contributed by atoms with van der Waals surface area (Å²) in [7, 11) is 0. The minimum absolute atomic E-state index is 0.357. The Bertz CT molecular complexity index is 184. The highest BCUT2D eigenvalue weighted by molar-refractivity contribution is 5.81. The topological polar surface area (TPSA) is 118 Å². The van der Waals surface area contributed by atoms with E-state index in [1.54, 1.807) is 0 Å². The van der Waals surface area contributed by atoms with Gasteiger partial charge in [0.25, 0.3) is 0 Å². The molecule has 0 aliphatic heterocycles. The van der Waals surface area contributed by atoms with Gasteiger partial charge in [0.1, 0.15) is 6.04 Å². The molecule has 0 saturated carbocycles. The van der Waals surface area contributed by atoms with Gasteiger partial charge in [0, 0.05) is 0 Å². The van der Waals surface area contributed by atoms with Crippen molar-refractivity contribution in [2.45, 2.75) is 25.3 Å². The predicted molar refractivity (Wildman–Crippen MR) is 47.0 cm³/mol. The van der Waals surface area contributed by atoms with Crippen LogP contribution < -0.4 is 16.8 Å². The second-order valence-electron chi connectivity index (χ2n) is 2.68. The van der Waals surface area contributed by atoms with Crippen LogP contribution in [0.3, 0.4) is 0 Å². The van der Waals surface area contributed by atoms with Crippen molar-refractivity contribution in [1.82, 2.24) is 5.32 Å². The molecule has 0 aromatic carbocycles. The van der Waals surface area contributed by atoms with E-state index in [1.165, 1.54) is 0 Å². The normalized spacial score (nSPS) is 12.1. The number of primary amides is 1. The molecular weight excluding hydrogens is 174 g/mol. The maximum absolute atomic E-state index is 10.5. The zero-order valence-electron chi connectivity index (χ0n) is 7.32. The van der Waals surface area contributed by atoms with Gasteiger partial charge in [-0.25, -0.2) is 9.59 Å². The highest BCUT2D eigenvalue weighted by Gasteiger charge is 2.17. The van der Waals surface area contributed by atoms with E-state index in [0.717, 1.165) is 6.42 Å². The number of rotatable bonds is 6. The van der Waals surface area contributed by atoms with Crippen LogP contribution in [0.5, 0.6) is 0 Å². The summed E-state index contributed by atoms with van der Waals surface area (Å²) in [6.07, 6.45) is 1.76. The number of nitrogens with one attached hydrogen (secondary N) is 1. The molecule has 6 nitrogen and oxygen atoms in total. The molecule has 0 aromatic heterocycles. The molecule has 0 saturated heterocycles. The van der Waals surface area contributed by atoms with Gasteiger partial charge in [-0.05, 0) is 25.8 Å². The third kappa shape index (κ3) is 5.92. The fourth-order valence-electron chi connectivity index (χ4n) is 0.922. The van der Waals surface area contributed by atoms with E-state index in [1.807, 2.05) is 0 Å². The van der Waals surface area contributed by atoms with Crippen molar-refractivity contribution in [1.29, 1.82) is 0 Å². The molecule has 0 spiro atoms. The Labute approximate surface area is 76.3 Å². The summed E-state index contributed by atoms with van der Waals surface area (Å²) >= 11 is 0. The zero-order valence-corrected chi connectivity index (χ0v) is 7.32. The standard InChI is InChI=1S/C7H15N3O3/c8-4-2-1-3-5(6(11)12)10-7(9)13/h5H,1-4,8H2,(H,11,12)(H3,9,10,13). The van der Waals surface area contributed by atoms with E-state index in [4.69, 9.17) is 16.6 Å². The maximum Gasteiger partial charge on any atom is 0.326 e. The van der Waals surface area contributed by atoms with Crippen molar-refractivity contribution in [3.05, 3.63) is 0 Å². The van der Waals surface area contributed by atoms with Gasteiger partial charge in [-0.1, -0.05) is 0 Å². The van der Waals surface area contributed by atoms with Gasteiger partial charge in [0.15, 0.2) is 0 Å². The monoisotopic (exact) mass is 189 g/mol. The van der Waals surface area contributed by atoms with Gasteiger partial charge in [-0.2, -0.15) is 0 Å². The predicted octanol–water partition coefficient (Wildman–Crippen LogP) is -0.763. The summed E-state index contributed by atoms with van der Waals surface area (Å²) in [4.78, 5) is 20.9. The van der Waals surface area contributed by atoms with E-state index >= 15 is 0 Å². The molecule has 0 radical (unpaired) electrons. The molecule has 1 unspecified atom stereocenters. The van der Waals surface area contributed by atoms with Crippen LogP contribution in [0.15, 0.2) is 0 Å². The number of amides is 2.